The molecule has 5 nitrogen and oxygen atoms in total. The minimum atomic E-state index is -0.141. The van der Waals surface area contributed by atoms with Crippen molar-refractivity contribution in [2.45, 2.75) is 32.7 Å². The van der Waals surface area contributed by atoms with Gasteiger partial charge in [-0.2, -0.15) is 0 Å². The Bertz CT molecular complexity index is 600. The summed E-state index contributed by atoms with van der Waals surface area (Å²) in [6.07, 6.45) is 3.30. The van der Waals surface area contributed by atoms with Gasteiger partial charge in [0.15, 0.2) is 6.61 Å². The molecule has 1 saturated heterocycles. The Balaban J connectivity index is 1.81. The van der Waals surface area contributed by atoms with Crippen molar-refractivity contribution in [3.8, 4) is 5.75 Å². The third-order valence-electron chi connectivity index (χ3n) is 4.49. The summed E-state index contributed by atoms with van der Waals surface area (Å²) in [6.45, 7) is 8.89. The SMILES string of the molecule is C=CC(=O)N1CCCC(C(C)NC(=O)COc2ccccc2C)C1. The van der Waals surface area contributed by atoms with Gasteiger partial charge in [0.25, 0.3) is 5.91 Å². The van der Waals surface area contributed by atoms with E-state index in [1.807, 2.05) is 38.1 Å². The van der Waals surface area contributed by atoms with Gasteiger partial charge in [-0.25, -0.2) is 0 Å². The van der Waals surface area contributed by atoms with Crippen LogP contribution in [0.25, 0.3) is 0 Å². The number of likely N-dealkylation sites (tertiary alicyclic amines) is 1. The first kappa shape index (κ1) is 18.0. The molecule has 130 valence electrons. The highest BCUT2D eigenvalue weighted by molar-refractivity contribution is 5.87. The summed E-state index contributed by atoms with van der Waals surface area (Å²) in [6, 6.07) is 7.62. The van der Waals surface area contributed by atoms with Crippen LogP contribution in [0, 0.1) is 12.8 Å². The van der Waals surface area contributed by atoms with Crippen LogP contribution in [0.1, 0.15) is 25.3 Å². The van der Waals surface area contributed by atoms with Gasteiger partial charge in [0.1, 0.15) is 5.75 Å². The lowest BCUT2D eigenvalue weighted by Crippen LogP contribution is -2.48. The molecule has 1 aliphatic rings. The number of hydrogen-bond acceptors (Lipinski definition) is 3. The zero-order valence-electron chi connectivity index (χ0n) is 14.5. The van der Waals surface area contributed by atoms with Crippen LogP contribution in [-0.4, -0.2) is 42.5 Å². The average Bonchev–Trinajstić information content (AvgIpc) is 2.60. The summed E-state index contributed by atoms with van der Waals surface area (Å²) in [5, 5.41) is 2.99. The molecule has 1 fully saturated rings. The molecule has 2 atom stereocenters. The number of nitrogens with zero attached hydrogens (tertiary/aromatic N) is 1. The van der Waals surface area contributed by atoms with E-state index in [9.17, 15) is 9.59 Å². The number of carbonyl (C=O) groups is 2. The minimum Gasteiger partial charge on any atom is -0.484 e. The van der Waals surface area contributed by atoms with Crippen LogP contribution < -0.4 is 10.1 Å². The Labute approximate surface area is 143 Å². The highest BCUT2D eigenvalue weighted by atomic mass is 16.5. The van der Waals surface area contributed by atoms with Gasteiger partial charge in [0.05, 0.1) is 0 Å². The average molecular weight is 330 g/mol. The third kappa shape index (κ3) is 4.85. The maximum Gasteiger partial charge on any atom is 0.258 e. The smallest absolute Gasteiger partial charge is 0.258 e. The number of hydrogen-bond donors (Lipinski definition) is 1. The molecule has 0 bridgehead atoms. The summed E-state index contributed by atoms with van der Waals surface area (Å²) in [7, 11) is 0. The lowest BCUT2D eigenvalue weighted by atomic mass is 9.91. The van der Waals surface area contributed by atoms with E-state index in [2.05, 4.69) is 11.9 Å². The van der Waals surface area contributed by atoms with Gasteiger partial charge in [0, 0.05) is 19.1 Å². The lowest BCUT2D eigenvalue weighted by Gasteiger charge is -2.35. The zero-order valence-corrected chi connectivity index (χ0v) is 14.5. The first-order chi connectivity index (χ1) is 11.5. The summed E-state index contributed by atoms with van der Waals surface area (Å²) in [5.74, 6) is 0.796. The molecule has 1 heterocycles. The number of amides is 2. The number of nitrogens with one attached hydrogen (secondary N) is 1. The Kier molecular flexibility index (Phi) is 6.41. The molecule has 1 aromatic carbocycles. The highest BCUT2D eigenvalue weighted by Crippen LogP contribution is 2.20. The molecule has 1 aliphatic heterocycles. The van der Waals surface area contributed by atoms with Crippen LogP contribution >= 0.6 is 0 Å². The van der Waals surface area contributed by atoms with Crippen LogP contribution in [0.15, 0.2) is 36.9 Å². The van der Waals surface area contributed by atoms with Gasteiger partial charge in [0.2, 0.25) is 5.91 Å². The van der Waals surface area contributed by atoms with E-state index in [4.69, 9.17) is 4.74 Å². The van der Waals surface area contributed by atoms with Gasteiger partial charge < -0.3 is 15.0 Å². The number of rotatable bonds is 6. The summed E-state index contributed by atoms with van der Waals surface area (Å²) in [4.78, 5) is 25.7. The van der Waals surface area contributed by atoms with E-state index < -0.39 is 0 Å². The van der Waals surface area contributed by atoms with Gasteiger partial charge in [-0.05, 0) is 50.3 Å². The summed E-state index contributed by atoms with van der Waals surface area (Å²) < 4.78 is 5.57. The van der Waals surface area contributed by atoms with E-state index in [0.29, 0.717) is 6.54 Å². The second kappa shape index (κ2) is 8.52. The predicted octanol–water partition coefficient (Wildman–Crippen LogP) is 2.30. The first-order valence-corrected chi connectivity index (χ1v) is 8.40. The molecule has 24 heavy (non-hydrogen) atoms. The fraction of sp³-hybridized carbons (Fsp3) is 0.474. The van der Waals surface area contributed by atoms with Gasteiger partial charge >= 0.3 is 0 Å². The molecule has 0 spiro atoms. The van der Waals surface area contributed by atoms with Crippen molar-refractivity contribution in [1.29, 1.82) is 0 Å². The maximum absolute atomic E-state index is 12.1. The molecule has 2 rings (SSSR count). The number of para-hydroxylation sites is 1. The molecule has 0 saturated carbocycles. The molecule has 1 aromatic rings. The van der Waals surface area contributed by atoms with Gasteiger partial charge in [-0.15, -0.1) is 0 Å². The first-order valence-electron chi connectivity index (χ1n) is 8.40. The topological polar surface area (TPSA) is 58.6 Å². The maximum atomic E-state index is 12.1. The van der Waals surface area contributed by atoms with Crippen molar-refractivity contribution in [2.24, 2.45) is 5.92 Å². The van der Waals surface area contributed by atoms with Crippen molar-refractivity contribution < 1.29 is 14.3 Å². The quantitative estimate of drug-likeness (QED) is 0.814. The van der Waals surface area contributed by atoms with E-state index in [1.54, 1.807) is 4.90 Å². The van der Waals surface area contributed by atoms with Crippen LogP contribution in [0.2, 0.25) is 0 Å². The molecule has 0 radical (unpaired) electrons. The van der Waals surface area contributed by atoms with Crippen molar-refractivity contribution in [1.82, 2.24) is 10.2 Å². The fourth-order valence-corrected chi connectivity index (χ4v) is 3.02. The molecule has 2 unspecified atom stereocenters. The van der Waals surface area contributed by atoms with E-state index in [1.165, 1.54) is 6.08 Å². The molecule has 1 N–H and O–H groups in total. The normalized spacial score (nSPS) is 18.6. The predicted molar refractivity (Wildman–Crippen MR) is 93.8 cm³/mol. The van der Waals surface area contributed by atoms with E-state index >= 15 is 0 Å². The van der Waals surface area contributed by atoms with Crippen molar-refractivity contribution in [3.05, 3.63) is 42.5 Å². The molecule has 2 amide bonds. The number of carbonyl (C=O) groups excluding carboxylic acids is 2. The third-order valence-corrected chi connectivity index (χ3v) is 4.49. The fourth-order valence-electron chi connectivity index (χ4n) is 3.02. The Morgan fingerprint density at radius 2 is 2.21 bits per heavy atom. The molecular weight excluding hydrogens is 304 g/mol. The zero-order chi connectivity index (χ0) is 17.5. The van der Waals surface area contributed by atoms with Crippen molar-refractivity contribution in [3.63, 3.8) is 0 Å². The monoisotopic (exact) mass is 330 g/mol. The van der Waals surface area contributed by atoms with Crippen LogP contribution in [-0.2, 0) is 9.59 Å². The van der Waals surface area contributed by atoms with Crippen molar-refractivity contribution in [2.75, 3.05) is 19.7 Å². The Morgan fingerprint density at radius 1 is 1.46 bits per heavy atom. The second-order valence-electron chi connectivity index (χ2n) is 6.30. The summed E-state index contributed by atoms with van der Waals surface area (Å²) >= 11 is 0. The number of aryl methyl sites for hydroxylation is 1. The Morgan fingerprint density at radius 3 is 2.92 bits per heavy atom. The van der Waals surface area contributed by atoms with E-state index in [-0.39, 0.29) is 30.4 Å². The largest absolute Gasteiger partial charge is 0.484 e. The van der Waals surface area contributed by atoms with Crippen molar-refractivity contribution >= 4 is 11.8 Å². The molecule has 5 heteroatoms. The second-order valence-corrected chi connectivity index (χ2v) is 6.30. The number of benzene rings is 1. The lowest BCUT2D eigenvalue weighted by molar-refractivity contribution is -0.128. The standard InChI is InChI=1S/C19H26N2O3/c1-4-19(23)21-11-7-9-16(12-21)15(3)20-18(22)13-24-17-10-6-5-8-14(17)2/h4-6,8,10,15-16H,1,7,9,11-13H2,2-3H3,(H,20,22). The minimum absolute atomic E-state index is 0.00149. The Hall–Kier alpha value is -2.30. The highest BCUT2D eigenvalue weighted by Gasteiger charge is 2.27. The number of piperidine rings is 1. The van der Waals surface area contributed by atoms with E-state index in [0.717, 1.165) is 30.7 Å². The van der Waals surface area contributed by atoms with Crippen LogP contribution in [0.3, 0.4) is 0 Å². The molecule has 0 aromatic heterocycles. The van der Waals surface area contributed by atoms with Crippen LogP contribution in [0.5, 0.6) is 5.75 Å². The van der Waals surface area contributed by atoms with Crippen LogP contribution in [0.4, 0.5) is 0 Å². The number of ether oxygens (including phenoxy) is 1. The van der Waals surface area contributed by atoms with Gasteiger partial charge in [-0.1, -0.05) is 24.8 Å². The molecular formula is C19H26N2O3. The summed E-state index contributed by atoms with van der Waals surface area (Å²) in [5.41, 5.74) is 1.00. The molecule has 0 aliphatic carbocycles. The van der Waals surface area contributed by atoms with Gasteiger partial charge in [-0.3, -0.25) is 9.59 Å².